The normalized spacial score (nSPS) is 10.9. The lowest BCUT2D eigenvalue weighted by molar-refractivity contribution is -0.138. The lowest BCUT2D eigenvalue weighted by Gasteiger charge is -2.07. The molecule has 2 heterocycles. The Hall–Kier alpha value is -3.88. The molecule has 5 rings (SSSR count). The van der Waals surface area contributed by atoms with Crippen molar-refractivity contribution in [1.29, 1.82) is 0 Å². The number of carbonyl (C=O) groups excluding carboxylic acids is 3. The number of unbranched alkanes of at least 4 members (excludes halogenated alkanes) is 4. The molecule has 0 bridgehead atoms. The molecule has 0 aliphatic rings. The van der Waals surface area contributed by atoms with Crippen LogP contribution in [0.4, 0.5) is 0 Å². The fraction of sp³-hybridized carbons (Fsp3) is 0.444. The average molecular weight is 936 g/mol. The molecule has 2 aromatic heterocycles. The molecule has 0 aliphatic carbocycles. The van der Waals surface area contributed by atoms with Crippen molar-refractivity contribution in [1.82, 2.24) is 0 Å². The molecular formula is C54H72Cl2O5S2. The van der Waals surface area contributed by atoms with Gasteiger partial charge in [-0.05, 0) is 100.0 Å². The summed E-state index contributed by atoms with van der Waals surface area (Å²) >= 11 is 13.5. The van der Waals surface area contributed by atoms with E-state index in [4.69, 9.17) is 28.3 Å². The number of aryl methyl sites for hydroxylation is 1. The summed E-state index contributed by atoms with van der Waals surface area (Å²) in [5.74, 6) is 1.14. The highest BCUT2D eigenvalue weighted by Crippen LogP contribution is 2.22. The maximum atomic E-state index is 11.9. The number of carboxylic acid groups (broad SMARTS) is 1. The van der Waals surface area contributed by atoms with Crippen LogP contribution in [0.25, 0.3) is 0 Å². The molecule has 0 radical (unpaired) electrons. The number of benzene rings is 3. The Morgan fingerprint density at radius 1 is 0.508 bits per heavy atom. The third kappa shape index (κ3) is 33.3. The summed E-state index contributed by atoms with van der Waals surface area (Å²) in [6, 6.07) is 39.9. The fourth-order valence-electron chi connectivity index (χ4n) is 6.14. The van der Waals surface area contributed by atoms with E-state index < -0.39 is 5.97 Å². The Morgan fingerprint density at radius 3 is 1.40 bits per heavy atom. The van der Waals surface area contributed by atoms with Gasteiger partial charge in [-0.3, -0.25) is 19.2 Å². The molecule has 0 spiro atoms. The summed E-state index contributed by atoms with van der Waals surface area (Å²) in [6.45, 7) is 14.0. The third-order valence-electron chi connectivity index (χ3n) is 9.22. The van der Waals surface area contributed by atoms with Crippen LogP contribution in [0.2, 0.25) is 0 Å². The van der Waals surface area contributed by atoms with Crippen molar-refractivity contribution in [3.63, 3.8) is 0 Å². The van der Waals surface area contributed by atoms with Crippen LogP contribution in [-0.2, 0) is 33.6 Å². The average Bonchev–Trinajstić information content (AvgIpc) is 3.91. The van der Waals surface area contributed by atoms with Gasteiger partial charge >= 0.3 is 5.97 Å². The van der Waals surface area contributed by atoms with Gasteiger partial charge in [0.1, 0.15) is 0 Å². The van der Waals surface area contributed by atoms with Gasteiger partial charge in [0.05, 0.1) is 4.88 Å². The van der Waals surface area contributed by atoms with Gasteiger partial charge in [-0.15, -0.1) is 22.7 Å². The van der Waals surface area contributed by atoms with Crippen molar-refractivity contribution in [3.05, 3.63) is 152 Å². The maximum Gasteiger partial charge on any atom is 0.303 e. The second-order valence-electron chi connectivity index (χ2n) is 17.1. The molecule has 0 aliphatic heterocycles. The number of carbonyl (C=O) groups is 4. The number of Topliss-reactive ketones (excluding diaryl/α,β-unsaturated/α-hetero) is 1. The minimum absolute atomic E-state index is 0.241. The van der Waals surface area contributed by atoms with Crippen molar-refractivity contribution >= 4 is 68.1 Å². The number of halogens is 2. The molecule has 0 amide bonds. The van der Waals surface area contributed by atoms with Crippen LogP contribution in [0.15, 0.2) is 121 Å². The van der Waals surface area contributed by atoms with Crippen LogP contribution in [-0.4, -0.2) is 27.3 Å². The van der Waals surface area contributed by atoms with Crippen molar-refractivity contribution in [2.75, 3.05) is 0 Å². The molecule has 0 fully saturated rings. The summed E-state index contributed by atoms with van der Waals surface area (Å²) in [6.07, 6.45) is 12.4. The molecule has 1 atom stereocenters. The molecule has 0 saturated heterocycles. The summed E-state index contributed by atoms with van der Waals surface area (Å²) in [5.41, 5.74) is 4.11. The topological polar surface area (TPSA) is 88.5 Å². The van der Waals surface area contributed by atoms with Crippen molar-refractivity contribution in [2.24, 2.45) is 23.7 Å². The summed E-state index contributed by atoms with van der Waals surface area (Å²) in [7, 11) is 0. The number of hydrogen-bond acceptors (Lipinski definition) is 6. The van der Waals surface area contributed by atoms with E-state index in [1.807, 2.05) is 70.2 Å². The van der Waals surface area contributed by atoms with E-state index in [0.29, 0.717) is 49.4 Å². The smallest absolute Gasteiger partial charge is 0.303 e. The fourth-order valence-corrected chi connectivity index (χ4v) is 8.49. The van der Waals surface area contributed by atoms with Crippen molar-refractivity contribution < 1.29 is 24.3 Å². The van der Waals surface area contributed by atoms with Gasteiger partial charge in [0.2, 0.25) is 10.5 Å². The second kappa shape index (κ2) is 35.5. The minimum atomic E-state index is -0.671. The molecule has 5 nitrogen and oxygen atoms in total. The van der Waals surface area contributed by atoms with Gasteiger partial charge in [0.15, 0.2) is 5.78 Å². The molecule has 63 heavy (non-hydrogen) atoms. The Balaban J connectivity index is 0.000000417. The van der Waals surface area contributed by atoms with Crippen LogP contribution in [0.5, 0.6) is 0 Å². The van der Waals surface area contributed by atoms with Crippen molar-refractivity contribution in [2.45, 2.75) is 132 Å². The largest absolute Gasteiger partial charge is 0.481 e. The van der Waals surface area contributed by atoms with Crippen molar-refractivity contribution in [3.8, 4) is 0 Å². The Kier molecular flexibility index (Phi) is 32.2. The van der Waals surface area contributed by atoms with Gasteiger partial charge in [0, 0.05) is 48.3 Å². The lowest BCUT2D eigenvalue weighted by Crippen LogP contribution is -2.03. The first-order chi connectivity index (χ1) is 30.0. The van der Waals surface area contributed by atoms with Gasteiger partial charge in [-0.2, -0.15) is 0 Å². The molecule has 1 N–H and O–H groups in total. The molecule has 3 aromatic carbocycles. The van der Waals surface area contributed by atoms with Gasteiger partial charge in [-0.25, -0.2) is 0 Å². The zero-order chi connectivity index (χ0) is 46.8. The first-order valence-corrected chi connectivity index (χ1v) is 24.8. The van der Waals surface area contributed by atoms with Crippen LogP contribution in [0.3, 0.4) is 0 Å². The highest BCUT2D eigenvalue weighted by Gasteiger charge is 2.11. The standard InChI is InChI=1S/C17H26O2.C16H18OS.C11H10S.2C5H9ClO/c1-15(14-17(18)19)10-6-3-2-4-7-11-16-12-8-5-9-13-16;1-12(2)10-15(17)16-9-8-14(18-16)11-13-6-4-3-5-7-13;1-2-5-10(6-3-1)9-11-7-4-8-12-11;2*1-4(2)3-5(6)7/h5,8-9,12-13,15H,2-4,6-7,10-11,14H2,1H3,(H,18,19);3-9,12H,10-11H2,1-2H3;1-8H,9H2;2*4H,3H2,1-2H3. The van der Waals surface area contributed by atoms with Gasteiger partial charge in [0.25, 0.3) is 0 Å². The zero-order valence-corrected chi connectivity index (χ0v) is 41.8. The summed E-state index contributed by atoms with van der Waals surface area (Å²) < 4.78 is 0. The predicted molar refractivity (Wildman–Crippen MR) is 271 cm³/mol. The van der Waals surface area contributed by atoms with Gasteiger partial charge < -0.3 is 5.11 Å². The first-order valence-electron chi connectivity index (χ1n) is 22.4. The van der Waals surface area contributed by atoms with E-state index in [9.17, 15) is 19.2 Å². The van der Waals surface area contributed by atoms with E-state index in [1.54, 1.807) is 11.3 Å². The van der Waals surface area contributed by atoms with E-state index in [-0.39, 0.29) is 16.3 Å². The van der Waals surface area contributed by atoms with Crippen LogP contribution >= 0.6 is 45.9 Å². The Bertz CT molecular complexity index is 1890. The first kappa shape index (κ1) is 57.1. The summed E-state index contributed by atoms with van der Waals surface area (Å²) in [5, 5.41) is 10.3. The van der Waals surface area contributed by atoms with Crippen LogP contribution < -0.4 is 0 Å². The van der Waals surface area contributed by atoms with E-state index >= 15 is 0 Å². The van der Waals surface area contributed by atoms with E-state index in [0.717, 1.165) is 24.1 Å². The number of ketones is 1. The zero-order valence-electron chi connectivity index (χ0n) is 38.7. The quantitative estimate of drug-likeness (QED) is 0.0450. The molecular weight excluding hydrogens is 864 g/mol. The SMILES string of the molecule is CC(C)CC(=O)Cl.CC(C)CC(=O)Cl.CC(C)CC(=O)c1ccc(Cc2ccccc2)s1.CC(CCCCCCCc1ccccc1)CC(=O)O.c1ccc(Cc2cccs2)cc1. The Morgan fingerprint density at radius 2 is 0.968 bits per heavy atom. The molecule has 5 aromatic rings. The number of thiophene rings is 2. The maximum absolute atomic E-state index is 11.9. The number of aliphatic carboxylic acids is 1. The van der Waals surface area contributed by atoms with Crippen LogP contribution in [0, 0.1) is 23.7 Å². The minimum Gasteiger partial charge on any atom is -0.481 e. The number of carboxylic acids is 1. The van der Waals surface area contributed by atoms with Crippen LogP contribution in [0.1, 0.15) is 149 Å². The van der Waals surface area contributed by atoms with E-state index in [1.165, 1.54) is 65.0 Å². The molecule has 9 heteroatoms. The third-order valence-corrected chi connectivity index (χ3v) is 11.5. The highest BCUT2D eigenvalue weighted by molar-refractivity contribution is 7.14. The predicted octanol–water partition coefficient (Wildman–Crippen LogP) is 16.2. The monoisotopic (exact) mass is 934 g/mol. The molecule has 344 valence electrons. The number of hydrogen-bond donors (Lipinski definition) is 1. The molecule has 1 unspecified atom stereocenters. The van der Waals surface area contributed by atoms with E-state index in [2.05, 4.69) is 110 Å². The number of rotatable bonds is 21. The highest BCUT2D eigenvalue weighted by atomic mass is 35.5. The Labute approximate surface area is 397 Å². The second-order valence-corrected chi connectivity index (χ2v) is 20.1. The summed E-state index contributed by atoms with van der Waals surface area (Å²) in [4.78, 5) is 46.1. The van der Waals surface area contributed by atoms with Gasteiger partial charge in [-0.1, -0.05) is 178 Å². The lowest BCUT2D eigenvalue weighted by atomic mass is 9.99. The molecule has 0 saturated carbocycles.